The van der Waals surface area contributed by atoms with E-state index in [-0.39, 0.29) is 5.91 Å². The van der Waals surface area contributed by atoms with Gasteiger partial charge in [0.25, 0.3) is 0 Å². The van der Waals surface area contributed by atoms with Gasteiger partial charge in [0.15, 0.2) is 5.96 Å². The molecule has 1 heterocycles. The number of para-hydroxylation sites is 1. The maximum Gasteiger partial charge on any atom is 0.221 e. The van der Waals surface area contributed by atoms with Crippen LogP contribution in [0.2, 0.25) is 0 Å². The Morgan fingerprint density at radius 2 is 1.91 bits per heavy atom. The van der Waals surface area contributed by atoms with E-state index in [2.05, 4.69) is 51.2 Å². The zero-order valence-corrected chi connectivity index (χ0v) is 19.0. The quantitative estimate of drug-likeness (QED) is 0.288. The van der Waals surface area contributed by atoms with Crippen molar-refractivity contribution >= 4 is 17.6 Å². The Morgan fingerprint density at radius 3 is 2.62 bits per heavy atom. The second-order valence-corrected chi connectivity index (χ2v) is 7.38. The van der Waals surface area contributed by atoms with Gasteiger partial charge in [-0.05, 0) is 43.7 Å². The first-order valence-electron chi connectivity index (χ1n) is 10.5. The number of aliphatic imine (C=N–C) groups is 1. The first-order chi connectivity index (χ1) is 15.5. The summed E-state index contributed by atoms with van der Waals surface area (Å²) in [6.07, 6.45) is 0. The molecule has 3 aromatic rings. The Balaban J connectivity index is 1.51. The van der Waals surface area contributed by atoms with Crippen molar-refractivity contribution in [2.24, 2.45) is 4.99 Å². The summed E-state index contributed by atoms with van der Waals surface area (Å²) in [5, 5.41) is 13.9. The van der Waals surface area contributed by atoms with E-state index in [4.69, 9.17) is 4.74 Å². The van der Waals surface area contributed by atoms with Crippen molar-refractivity contribution in [2.45, 2.75) is 27.3 Å². The standard InChI is InChI=1S/C24H30N6O2/c1-17-14-18(2)30(29-17)23-11-6-5-8-20(23)16-27-24(25-4)26-12-13-32-22-10-7-9-21(15-22)28-19(3)31/h5-11,14-15H,12-13,16H2,1-4H3,(H,28,31)(H2,25,26,27). The molecule has 0 fully saturated rings. The van der Waals surface area contributed by atoms with Crippen molar-refractivity contribution in [3.63, 3.8) is 0 Å². The molecule has 0 saturated heterocycles. The summed E-state index contributed by atoms with van der Waals surface area (Å²) >= 11 is 0. The third-order valence-electron chi connectivity index (χ3n) is 4.72. The lowest BCUT2D eigenvalue weighted by Gasteiger charge is -2.15. The number of nitrogens with zero attached hydrogens (tertiary/aromatic N) is 3. The van der Waals surface area contributed by atoms with E-state index in [0.29, 0.717) is 37.1 Å². The summed E-state index contributed by atoms with van der Waals surface area (Å²) in [5.41, 5.74) is 4.96. The van der Waals surface area contributed by atoms with Crippen LogP contribution >= 0.6 is 0 Å². The fourth-order valence-electron chi connectivity index (χ4n) is 3.34. The van der Waals surface area contributed by atoms with Gasteiger partial charge in [0.05, 0.1) is 17.9 Å². The molecule has 1 amide bonds. The fraction of sp³-hybridized carbons (Fsp3) is 0.292. The molecule has 0 atom stereocenters. The van der Waals surface area contributed by atoms with E-state index in [1.807, 2.05) is 41.9 Å². The van der Waals surface area contributed by atoms with Gasteiger partial charge in [0.1, 0.15) is 12.4 Å². The summed E-state index contributed by atoms with van der Waals surface area (Å²) in [6.45, 7) is 7.15. The molecule has 0 spiro atoms. The number of ether oxygens (including phenoxy) is 1. The normalized spacial score (nSPS) is 11.2. The minimum atomic E-state index is -0.113. The van der Waals surface area contributed by atoms with Crippen LogP contribution in [-0.4, -0.2) is 41.8 Å². The Labute approximate surface area is 188 Å². The van der Waals surface area contributed by atoms with Crippen LogP contribution in [0.25, 0.3) is 5.69 Å². The number of rotatable bonds is 8. The zero-order chi connectivity index (χ0) is 22.9. The summed E-state index contributed by atoms with van der Waals surface area (Å²) in [4.78, 5) is 15.5. The summed E-state index contributed by atoms with van der Waals surface area (Å²) in [7, 11) is 1.74. The number of aromatic nitrogens is 2. The zero-order valence-electron chi connectivity index (χ0n) is 19.0. The van der Waals surface area contributed by atoms with Crippen LogP contribution in [0.1, 0.15) is 23.9 Å². The maximum absolute atomic E-state index is 11.2. The van der Waals surface area contributed by atoms with Gasteiger partial charge in [-0.1, -0.05) is 24.3 Å². The molecule has 0 aliphatic heterocycles. The third-order valence-corrected chi connectivity index (χ3v) is 4.72. The van der Waals surface area contributed by atoms with E-state index < -0.39 is 0 Å². The molecular formula is C24H30N6O2. The molecule has 3 rings (SSSR count). The van der Waals surface area contributed by atoms with Crippen LogP contribution in [0.4, 0.5) is 5.69 Å². The maximum atomic E-state index is 11.2. The van der Waals surface area contributed by atoms with Crippen molar-refractivity contribution in [3.8, 4) is 11.4 Å². The average molecular weight is 435 g/mol. The van der Waals surface area contributed by atoms with Crippen molar-refractivity contribution in [3.05, 3.63) is 71.5 Å². The minimum absolute atomic E-state index is 0.113. The SMILES string of the molecule is CN=C(NCCOc1cccc(NC(C)=O)c1)NCc1ccccc1-n1nc(C)cc1C. The Bertz CT molecular complexity index is 1090. The second kappa shape index (κ2) is 11.0. The molecular weight excluding hydrogens is 404 g/mol. The average Bonchev–Trinajstić information content (AvgIpc) is 3.11. The molecule has 0 radical (unpaired) electrons. The molecule has 0 aliphatic rings. The monoisotopic (exact) mass is 434 g/mol. The van der Waals surface area contributed by atoms with Crippen LogP contribution in [-0.2, 0) is 11.3 Å². The molecule has 0 bridgehead atoms. The van der Waals surface area contributed by atoms with Gasteiger partial charge in [-0.15, -0.1) is 0 Å². The van der Waals surface area contributed by atoms with Gasteiger partial charge in [-0.2, -0.15) is 5.10 Å². The number of aryl methyl sites for hydroxylation is 2. The van der Waals surface area contributed by atoms with E-state index in [1.165, 1.54) is 6.92 Å². The molecule has 0 unspecified atom stereocenters. The second-order valence-electron chi connectivity index (χ2n) is 7.38. The highest BCUT2D eigenvalue weighted by Gasteiger charge is 2.09. The van der Waals surface area contributed by atoms with Gasteiger partial charge in [0.2, 0.25) is 5.91 Å². The molecule has 8 heteroatoms. The molecule has 0 aliphatic carbocycles. The van der Waals surface area contributed by atoms with E-state index in [1.54, 1.807) is 13.1 Å². The highest BCUT2D eigenvalue weighted by atomic mass is 16.5. The number of guanidine groups is 1. The first kappa shape index (κ1) is 22.9. The summed E-state index contributed by atoms with van der Waals surface area (Å²) in [5.74, 6) is 1.27. The lowest BCUT2D eigenvalue weighted by atomic mass is 10.1. The Hall–Kier alpha value is -3.81. The van der Waals surface area contributed by atoms with E-state index >= 15 is 0 Å². The third kappa shape index (κ3) is 6.34. The molecule has 168 valence electrons. The predicted octanol–water partition coefficient (Wildman–Crippen LogP) is 3.19. The van der Waals surface area contributed by atoms with Gasteiger partial charge in [-0.3, -0.25) is 9.79 Å². The van der Waals surface area contributed by atoms with Crippen molar-refractivity contribution in [1.29, 1.82) is 0 Å². The number of nitrogens with one attached hydrogen (secondary N) is 3. The largest absolute Gasteiger partial charge is 0.492 e. The van der Waals surface area contributed by atoms with E-state index in [0.717, 1.165) is 22.6 Å². The minimum Gasteiger partial charge on any atom is -0.492 e. The number of carbonyl (C=O) groups excluding carboxylic acids is 1. The lowest BCUT2D eigenvalue weighted by Crippen LogP contribution is -2.39. The molecule has 2 aromatic carbocycles. The summed E-state index contributed by atoms with van der Waals surface area (Å²) in [6, 6.07) is 17.6. The molecule has 1 aromatic heterocycles. The van der Waals surface area contributed by atoms with Crippen molar-refractivity contribution in [2.75, 3.05) is 25.5 Å². The van der Waals surface area contributed by atoms with Gasteiger partial charge >= 0.3 is 0 Å². The topological polar surface area (TPSA) is 92.6 Å². The highest BCUT2D eigenvalue weighted by Crippen LogP contribution is 2.18. The Kier molecular flexibility index (Phi) is 7.85. The molecule has 32 heavy (non-hydrogen) atoms. The first-order valence-corrected chi connectivity index (χ1v) is 10.5. The molecule has 0 saturated carbocycles. The number of hydrogen-bond acceptors (Lipinski definition) is 4. The van der Waals surface area contributed by atoms with Crippen LogP contribution in [0.15, 0.2) is 59.6 Å². The van der Waals surface area contributed by atoms with Crippen LogP contribution < -0.4 is 20.7 Å². The summed E-state index contributed by atoms with van der Waals surface area (Å²) < 4.78 is 7.73. The van der Waals surface area contributed by atoms with Crippen LogP contribution in [0, 0.1) is 13.8 Å². The van der Waals surface area contributed by atoms with Gasteiger partial charge in [0, 0.05) is 38.0 Å². The fourth-order valence-corrected chi connectivity index (χ4v) is 3.34. The molecule has 8 nitrogen and oxygen atoms in total. The lowest BCUT2D eigenvalue weighted by molar-refractivity contribution is -0.114. The number of amides is 1. The number of carbonyl (C=O) groups is 1. The molecule has 3 N–H and O–H groups in total. The van der Waals surface area contributed by atoms with Crippen LogP contribution in [0.5, 0.6) is 5.75 Å². The van der Waals surface area contributed by atoms with Gasteiger partial charge in [-0.25, -0.2) is 4.68 Å². The number of benzene rings is 2. The van der Waals surface area contributed by atoms with Crippen LogP contribution in [0.3, 0.4) is 0 Å². The number of hydrogen-bond donors (Lipinski definition) is 3. The number of anilines is 1. The predicted molar refractivity (Wildman–Crippen MR) is 127 cm³/mol. The smallest absolute Gasteiger partial charge is 0.221 e. The van der Waals surface area contributed by atoms with Gasteiger partial charge < -0.3 is 20.7 Å². The Morgan fingerprint density at radius 1 is 1.09 bits per heavy atom. The highest BCUT2D eigenvalue weighted by molar-refractivity contribution is 5.88. The van der Waals surface area contributed by atoms with Crippen molar-refractivity contribution < 1.29 is 9.53 Å². The van der Waals surface area contributed by atoms with Crippen molar-refractivity contribution in [1.82, 2.24) is 20.4 Å². The van der Waals surface area contributed by atoms with E-state index in [9.17, 15) is 4.79 Å².